The van der Waals surface area contributed by atoms with Gasteiger partial charge in [-0.25, -0.2) is 4.79 Å². The Hall–Kier alpha value is -2.75. The average Bonchev–Trinajstić information content (AvgIpc) is 2.68. The smallest absolute Gasteiger partial charge is 0.339 e. The van der Waals surface area contributed by atoms with E-state index in [1.807, 2.05) is 13.8 Å². The zero-order valence-electron chi connectivity index (χ0n) is 16.9. The van der Waals surface area contributed by atoms with Gasteiger partial charge in [0.15, 0.2) is 17.6 Å². The highest BCUT2D eigenvalue weighted by Gasteiger charge is 2.35. The fourth-order valence-electron chi connectivity index (χ4n) is 3.19. The van der Waals surface area contributed by atoms with E-state index in [1.165, 1.54) is 20.1 Å². The Morgan fingerprint density at radius 1 is 1.14 bits per heavy atom. The second-order valence-corrected chi connectivity index (χ2v) is 7.32. The lowest BCUT2D eigenvalue weighted by Crippen LogP contribution is -2.52. The lowest BCUT2D eigenvalue weighted by Gasteiger charge is -2.32. The summed E-state index contributed by atoms with van der Waals surface area (Å²) in [5.74, 6) is -0.186. The van der Waals surface area contributed by atoms with Crippen LogP contribution in [0.1, 0.15) is 63.2 Å². The summed E-state index contributed by atoms with van der Waals surface area (Å²) < 4.78 is 16.2. The number of esters is 1. The van der Waals surface area contributed by atoms with E-state index in [4.69, 9.17) is 14.2 Å². The van der Waals surface area contributed by atoms with Crippen LogP contribution in [0.25, 0.3) is 0 Å². The molecule has 1 aromatic carbocycles. The van der Waals surface area contributed by atoms with Crippen LogP contribution in [0.2, 0.25) is 0 Å². The fourth-order valence-corrected chi connectivity index (χ4v) is 3.19. The molecule has 1 amide bonds. The molecule has 0 aromatic heterocycles. The second kappa shape index (κ2) is 9.45. The van der Waals surface area contributed by atoms with Crippen LogP contribution in [-0.4, -0.2) is 36.7 Å². The van der Waals surface area contributed by atoms with Crippen LogP contribution in [0.15, 0.2) is 18.2 Å². The van der Waals surface area contributed by atoms with E-state index in [0.29, 0.717) is 24.3 Å². The average molecular weight is 388 g/mol. The molecule has 0 saturated heterocycles. The molecule has 7 nitrogen and oxygen atoms in total. The first-order valence-electron chi connectivity index (χ1n) is 9.59. The Morgan fingerprint density at radius 2 is 1.82 bits per heavy atom. The number of nitriles is 1. The van der Waals surface area contributed by atoms with Crippen LogP contribution in [-0.2, 0) is 9.53 Å². The molecule has 1 aliphatic carbocycles. The third-order valence-corrected chi connectivity index (χ3v) is 4.70. The minimum absolute atomic E-state index is 0.0392. The lowest BCUT2D eigenvalue weighted by molar-refractivity contribution is -0.130. The van der Waals surface area contributed by atoms with E-state index < -0.39 is 23.5 Å². The van der Waals surface area contributed by atoms with E-state index >= 15 is 0 Å². The topological polar surface area (TPSA) is 97.6 Å². The predicted octanol–water partition coefficient (Wildman–Crippen LogP) is 3.37. The number of benzene rings is 1. The van der Waals surface area contributed by atoms with Crippen LogP contribution >= 0.6 is 0 Å². The van der Waals surface area contributed by atoms with E-state index in [9.17, 15) is 14.9 Å². The summed E-state index contributed by atoms with van der Waals surface area (Å²) in [6.07, 6.45) is 3.02. The van der Waals surface area contributed by atoms with Gasteiger partial charge < -0.3 is 19.5 Å². The van der Waals surface area contributed by atoms with Crippen molar-refractivity contribution in [2.45, 2.75) is 70.6 Å². The number of carbonyl (C=O) groups excluding carboxylic acids is 2. The minimum Gasteiger partial charge on any atom is -0.493 e. The third-order valence-electron chi connectivity index (χ3n) is 4.70. The number of carbonyl (C=O) groups is 2. The van der Waals surface area contributed by atoms with Crippen LogP contribution in [0, 0.1) is 11.3 Å². The van der Waals surface area contributed by atoms with Gasteiger partial charge in [0, 0.05) is 0 Å². The Morgan fingerprint density at radius 3 is 2.39 bits per heavy atom. The Balaban J connectivity index is 2.03. The van der Waals surface area contributed by atoms with Gasteiger partial charge in [0.05, 0.1) is 24.8 Å². The van der Waals surface area contributed by atoms with Gasteiger partial charge in [-0.3, -0.25) is 4.79 Å². The van der Waals surface area contributed by atoms with E-state index in [-0.39, 0.29) is 11.7 Å². The van der Waals surface area contributed by atoms with Crippen molar-refractivity contribution in [2.75, 3.05) is 7.11 Å². The molecule has 1 saturated carbocycles. The molecule has 0 bridgehead atoms. The van der Waals surface area contributed by atoms with Gasteiger partial charge in [-0.2, -0.15) is 5.26 Å². The van der Waals surface area contributed by atoms with Gasteiger partial charge in [0.1, 0.15) is 5.54 Å². The molecular formula is C21H28N2O5. The van der Waals surface area contributed by atoms with Crippen molar-refractivity contribution in [1.29, 1.82) is 5.26 Å². The molecule has 0 radical (unpaired) electrons. The first-order chi connectivity index (χ1) is 13.3. The van der Waals surface area contributed by atoms with Gasteiger partial charge >= 0.3 is 5.97 Å². The molecule has 0 aliphatic heterocycles. The first kappa shape index (κ1) is 21.5. The van der Waals surface area contributed by atoms with Crippen molar-refractivity contribution < 1.29 is 23.8 Å². The summed E-state index contributed by atoms with van der Waals surface area (Å²) in [5, 5.41) is 12.2. The van der Waals surface area contributed by atoms with Crippen molar-refractivity contribution in [1.82, 2.24) is 5.32 Å². The number of methoxy groups -OCH3 is 1. The standard InChI is InChI=1S/C21H28N2O5/c1-14(2)27-17-9-8-16(12-18(17)26-4)20(25)28-15(3)19(24)23-21(13-22)10-6-5-7-11-21/h8-9,12,14-15H,5-7,10-11H2,1-4H3,(H,23,24). The normalized spacial score (nSPS) is 16.6. The van der Waals surface area contributed by atoms with Gasteiger partial charge in [-0.05, 0) is 51.8 Å². The monoisotopic (exact) mass is 388 g/mol. The maximum absolute atomic E-state index is 12.5. The number of hydrogen-bond donors (Lipinski definition) is 1. The zero-order valence-corrected chi connectivity index (χ0v) is 16.9. The van der Waals surface area contributed by atoms with E-state index in [1.54, 1.807) is 12.1 Å². The van der Waals surface area contributed by atoms with Crippen molar-refractivity contribution in [2.24, 2.45) is 0 Å². The molecule has 2 rings (SSSR count). The molecule has 28 heavy (non-hydrogen) atoms. The van der Waals surface area contributed by atoms with Crippen LogP contribution < -0.4 is 14.8 Å². The molecular weight excluding hydrogens is 360 g/mol. The number of rotatable bonds is 7. The maximum Gasteiger partial charge on any atom is 0.339 e. The Kier molecular flexibility index (Phi) is 7.27. The van der Waals surface area contributed by atoms with Crippen molar-refractivity contribution in [3.63, 3.8) is 0 Å². The number of nitrogens with zero attached hydrogens (tertiary/aromatic N) is 1. The highest BCUT2D eigenvalue weighted by Crippen LogP contribution is 2.30. The number of nitrogens with one attached hydrogen (secondary N) is 1. The Bertz CT molecular complexity index is 748. The molecule has 1 aromatic rings. The van der Waals surface area contributed by atoms with E-state index in [2.05, 4.69) is 11.4 Å². The van der Waals surface area contributed by atoms with Gasteiger partial charge in [-0.15, -0.1) is 0 Å². The number of amides is 1. The quantitative estimate of drug-likeness (QED) is 0.719. The minimum atomic E-state index is -1.02. The van der Waals surface area contributed by atoms with Gasteiger partial charge in [-0.1, -0.05) is 19.3 Å². The first-order valence-corrected chi connectivity index (χ1v) is 9.59. The summed E-state index contributed by atoms with van der Waals surface area (Å²) in [7, 11) is 1.49. The predicted molar refractivity (Wildman–Crippen MR) is 103 cm³/mol. The second-order valence-electron chi connectivity index (χ2n) is 7.32. The molecule has 1 fully saturated rings. The van der Waals surface area contributed by atoms with Crippen molar-refractivity contribution >= 4 is 11.9 Å². The molecule has 0 heterocycles. The molecule has 1 unspecified atom stereocenters. The number of ether oxygens (including phenoxy) is 3. The SMILES string of the molecule is COc1cc(C(=O)OC(C)C(=O)NC2(C#N)CCCCC2)ccc1OC(C)C. The largest absolute Gasteiger partial charge is 0.493 e. The highest BCUT2D eigenvalue weighted by molar-refractivity contribution is 5.93. The molecule has 1 atom stereocenters. The summed E-state index contributed by atoms with van der Waals surface area (Å²) >= 11 is 0. The zero-order chi connectivity index (χ0) is 20.7. The maximum atomic E-state index is 12.5. The van der Waals surface area contributed by atoms with Crippen molar-refractivity contribution in [3.05, 3.63) is 23.8 Å². The summed E-state index contributed by atoms with van der Waals surface area (Å²) in [6, 6.07) is 6.93. The number of hydrogen-bond acceptors (Lipinski definition) is 6. The van der Waals surface area contributed by atoms with Crippen LogP contribution in [0.4, 0.5) is 0 Å². The Labute approximate surface area is 166 Å². The molecule has 1 aliphatic rings. The molecule has 1 N–H and O–H groups in total. The van der Waals surface area contributed by atoms with Gasteiger partial charge in [0.2, 0.25) is 0 Å². The summed E-state index contributed by atoms with van der Waals surface area (Å²) in [6.45, 7) is 5.28. The summed E-state index contributed by atoms with van der Waals surface area (Å²) in [5.41, 5.74) is -0.616. The summed E-state index contributed by atoms with van der Waals surface area (Å²) in [4.78, 5) is 24.9. The highest BCUT2D eigenvalue weighted by atomic mass is 16.5. The van der Waals surface area contributed by atoms with Gasteiger partial charge in [0.25, 0.3) is 5.91 Å². The lowest BCUT2D eigenvalue weighted by atomic mass is 9.83. The van der Waals surface area contributed by atoms with E-state index in [0.717, 1.165) is 19.3 Å². The molecule has 7 heteroatoms. The van der Waals surface area contributed by atoms with Crippen LogP contribution in [0.3, 0.4) is 0 Å². The fraction of sp³-hybridized carbons (Fsp3) is 0.571. The molecule has 152 valence electrons. The van der Waals surface area contributed by atoms with Crippen LogP contribution in [0.5, 0.6) is 11.5 Å². The van der Waals surface area contributed by atoms with Crippen molar-refractivity contribution in [3.8, 4) is 17.6 Å². The molecule has 0 spiro atoms. The third kappa shape index (κ3) is 5.38.